The molecule has 2 aromatic heterocycles. The van der Waals surface area contributed by atoms with Crippen molar-refractivity contribution in [3.8, 4) is 0 Å². The first-order valence-electron chi connectivity index (χ1n) is 6.82. The second-order valence-corrected chi connectivity index (χ2v) is 4.72. The molecule has 1 N–H and O–H groups in total. The molecule has 3 rings (SSSR count). The molecule has 1 aromatic carbocycles. The number of rotatable bonds is 5. The van der Waals surface area contributed by atoms with Crippen molar-refractivity contribution in [2.45, 2.75) is 19.4 Å². The van der Waals surface area contributed by atoms with Gasteiger partial charge in [-0.2, -0.15) is 0 Å². The van der Waals surface area contributed by atoms with E-state index in [1.54, 1.807) is 24.9 Å². The first-order chi connectivity index (χ1) is 9.88. The van der Waals surface area contributed by atoms with Crippen LogP contribution in [0.4, 0.5) is 0 Å². The first kappa shape index (κ1) is 12.8. The van der Waals surface area contributed by atoms with Crippen molar-refractivity contribution in [2.24, 2.45) is 0 Å². The van der Waals surface area contributed by atoms with E-state index in [4.69, 9.17) is 4.42 Å². The second kappa shape index (κ2) is 5.84. The van der Waals surface area contributed by atoms with Crippen molar-refractivity contribution in [3.63, 3.8) is 0 Å². The van der Waals surface area contributed by atoms with Crippen LogP contribution < -0.4 is 5.32 Å². The maximum atomic E-state index is 5.16. The van der Waals surface area contributed by atoms with E-state index in [1.165, 1.54) is 11.1 Å². The SMILES string of the molecule is CCNC(Cc1ccoc1)c1cccc2nccnc12. The van der Waals surface area contributed by atoms with Gasteiger partial charge in [0.05, 0.1) is 23.6 Å². The summed E-state index contributed by atoms with van der Waals surface area (Å²) in [6, 6.07) is 8.35. The fourth-order valence-electron chi connectivity index (χ4n) is 2.48. The summed E-state index contributed by atoms with van der Waals surface area (Å²) in [5.74, 6) is 0. The Hall–Kier alpha value is -2.20. The van der Waals surface area contributed by atoms with Crippen LogP contribution in [0.3, 0.4) is 0 Å². The van der Waals surface area contributed by atoms with Gasteiger partial charge in [-0.1, -0.05) is 19.1 Å². The number of para-hydroxylation sites is 1. The molecule has 0 radical (unpaired) electrons. The van der Waals surface area contributed by atoms with Crippen LogP contribution in [-0.4, -0.2) is 16.5 Å². The second-order valence-electron chi connectivity index (χ2n) is 4.72. The standard InChI is InChI=1S/C16H17N3O/c1-2-17-15(10-12-6-9-20-11-12)13-4-3-5-14-16(13)19-8-7-18-14/h3-9,11,15,17H,2,10H2,1H3. The van der Waals surface area contributed by atoms with Crippen LogP contribution in [-0.2, 0) is 6.42 Å². The third-order valence-corrected chi connectivity index (χ3v) is 3.38. The van der Waals surface area contributed by atoms with Gasteiger partial charge in [-0.15, -0.1) is 0 Å². The van der Waals surface area contributed by atoms with Gasteiger partial charge in [0, 0.05) is 18.4 Å². The lowest BCUT2D eigenvalue weighted by molar-refractivity contribution is 0.536. The van der Waals surface area contributed by atoms with Gasteiger partial charge in [0.25, 0.3) is 0 Å². The van der Waals surface area contributed by atoms with Crippen molar-refractivity contribution >= 4 is 11.0 Å². The lowest BCUT2D eigenvalue weighted by atomic mass is 9.99. The van der Waals surface area contributed by atoms with Crippen molar-refractivity contribution < 1.29 is 4.42 Å². The van der Waals surface area contributed by atoms with Crippen LogP contribution in [0, 0.1) is 0 Å². The third-order valence-electron chi connectivity index (χ3n) is 3.38. The summed E-state index contributed by atoms with van der Waals surface area (Å²) in [6.45, 7) is 3.01. The molecule has 0 aliphatic carbocycles. The first-order valence-corrected chi connectivity index (χ1v) is 6.82. The average Bonchev–Trinajstić information content (AvgIpc) is 2.99. The minimum absolute atomic E-state index is 0.206. The zero-order chi connectivity index (χ0) is 13.8. The zero-order valence-corrected chi connectivity index (χ0v) is 11.4. The molecule has 0 bridgehead atoms. The number of likely N-dealkylation sites (N-methyl/N-ethyl adjacent to an activating group) is 1. The van der Waals surface area contributed by atoms with E-state index in [2.05, 4.69) is 28.3 Å². The molecule has 20 heavy (non-hydrogen) atoms. The quantitative estimate of drug-likeness (QED) is 0.771. The van der Waals surface area contributed by atoms with Gasteiger partial charge in [0.15, 0.2) is 0 Å². The molecule has 1 atom stereocenters. The highest BCUT2D eigenvalue weighted by Crippen LogP contribution is 2.24. The molecule has 1 unspecified atom stereocenters. The van der Waals surface area contributed by atoms with E-state index in [9.17, 15) is 0 Å². The predicted molar refractivity (Wildman–Crippen MR) is 78.4 cm³/mol. The summed E-state index contributed by atoms with van der Waals surface area (Å²) < 4.78 is 5.16. The monoisotopic (exact) mass is 267 g/mol. The Balaban J connectivity index is 2.00. The van der Waals surface area contributed by atoms with Crippen LogP contribution in [0.1, 0.15) is 24.1 Å². The highest BCUT2D eigenvalue weighted by molar-refractivity contribution is 5.78. The van der Waals surface area contributed by atoms with Gasteiger partial charge >= 0.3 is 0 Å². The average molecular weight is 267 g/mol. The molecule has 0 saturated carbocycles. The minimum atomic E-state index is 0.206. The Morgan fingerprint density at radius 2 is 2.10 bits per heavy atom. The Morgan fingerprint density at radius 3 is 2.90 bits per heavy atom. The lowest BCUT2D eigenvalue weighted by Gasteiger charge is -2.18. The third kappa shape index (κ3) is 2.56. The molecule has 0 amide bonds. The smallest absolute Gasteiger partial charge is 0.0935 e. The molecule has 3 aromatic rings. The van der Waals surface area contributed by atoms with Crippen LogP contribution in [0.2, 0.25) is 0 Å². The fraction of sp³-hybridized carbons (Fsp3) is 0.250. The number of aromatic nitrogens is 2. The van der Waals surface area contributed by atoms with Crippen molar-refractivity contribution in [1.29, 1.82) is 0 Å². The number of fused-ring (bicyclic) bond motifs is 1. The van der Waals surface area contributed by atoms with E-state index >= 15 is 0 Å². The maximum Gasteiger partial charge on any atom is 0.0935 e. The van der Waals surface area contributed by atoms with Crippen molar-refractivity contribution in [2.75, 3.05) is 6.54 Å². The van der Waals surface area contributed by atoms with Crippen LogP contribution in [0.15, 0.2) is 53.6 Å². The van der Waals surface area contributed by atoms with Crippen LogP contribution in [0.25, 0.3) is 11.0 Å². The summed E-state index contributed by atoms with van der Waals surface area (Å²) in [6.07, 6.45) is 7.85. The summed E-state index contributed by atoms with van der Waals surface area (Å²) in [5, 5.41) is 3.52. The molecule has 0 spiro atoms. The van der Waals surface area contributed by atoms with Crippen LogP contribution >= 0.6 is 0 Å². The van der Waals surface area contributed by atoms with E-state index < -0.39 is 0 Å². The normalized spacial score (nSPS) is 12.7. The van der Waals surface area contributed by atoms with Gasteiger partial charge in [-0.05, 0) is 36.2 Å². The molecule has 0 saturated heterocycles. The zero-order valence-electron chi connectivity index (χ0n) is 11.4. The number of benzene rings is 1. The maximum absolute atomic E-state index is 5.16. The summed E-state index contributed by atoms with van der Waals surface area (Å²) in [4.78, 5) is 8.86. The van der Waals surface area contributed by atoms with Crippen LogP contribution in [0.5, 0.6) is 0 Å². The van der Waals surface area contributed by atoms with E-state index in [0.29, 0.717) is 0 Å². The Kier molecular flexibility index (Phi) is 3.74. The summed E-state index contributed by atoms with van der Waals surface area (Å²) in [7, 11) is 0. The number of hydrogen-bond acceptors (Lipinski definition) is 4. The molecule has 0 aliphatic rings. The lowest BCUT2D eigenvalue weighted by Crippen LogP contribution is -2.23. The predicted octanol–water partition coefficient (Wildman–Crippen LogP) is 3.12. The number of nitrogens with one attached hydrogen (secondary N) is 1. The highest BCUT2D eigenvalue weighted by Gasteiger charge is 2.15. The molecule has 102 valence electrons. The summed E-state index contributed by atoms with van der Waals surface area (Å²) in [5.41, 5.74) is 4.25. The van der Waals surface area contributed by atoms with E-state index in [1.807, 2.05) is 18.2 Å². The Bertz CT molecular complexity index is 674. The topological polar surface area (TPSA) is 51.0 Å². The highest BCUT2D eigenvalue weighted by atomic mass is 16.3. The number of hydrogen-bond donors (Lipinski definition) is 1. The molecule has 0 fully saturated rings. The molecule has 2 heterocycles. The van der Waals surface area contributed by atoms with E-state index in [0.717, 1.165) is 24.0 Å². The van der Waals surface area contributed by atoms with Gasteiger partial charge < -0.3 is 9.73 Å². The molecular formula is C16H17N3O. The Labute approximate surface area is 117 Å². The Morgan fingerprint density at radius 1 is 1.20 bits per heavy atom. The molecular weight excluding hydrogens is 250 g/mol. The largest absolute Gasteiger partial charge is 0.472 e. The van der Waals surface area contributed by atoms with Crippen molar-refractivity contribution in [1.82, 2.24) is 15.3 Å². The van der Waals surface area contributed by atoms with Gasteiger partial charge in [-0.3, -0.25) is 9.97 Å². The van der Waals surface area contributed by atoms with Crippen molar-refractivity contribution in [3.05, 3.63) is 60.3 Å². The molecule has 0 aliphatic heterocycles. The number of nitrogens with zero attached hydrogens (tertiary/aromatic N) is 2. The molecule has 4 heteroatoms. The van der Waals surface area contributed by atoms with E-state index in [-0.39, 0.29) is 6.04 Å². The van der Waals surface area contributed by atoms with Gasteiger partial charge in [-0.25, -0.2) is 0 Å². The number of furan rings is 1. The van der Waals surface area contributed by atoms with Gasteiger partial charge in [0.2, 0.25) is 0 Å². The summed E-state index contributed by atoms with van der Waals surface area (Å²) >= 11 is 0. The fourth-order valence-corrected chi connectivity index (χ4v) is 2.48. The minimum Gasteiger partial charge on any atom is -0.472 e. The molecule has 4 nitrogen and oxygen atoms in total. The van der Waals surface area contributed by atoms with Gasteiger partial charge in [0.1, 0.15) is 0 Å².